The maximum Gasteiger partial charge on any atom is 0.412 e. The fraction of sp³-hybridized carbons (Fsp3) is 0.294. The minimum absolute atomic E-state index is 0.0696. The molecule has 0 spiro atoms. The van der Waals surface area contributed by atoms with Gasteiger partial charge in [-0.1, -0.05) is 0 Å². The number of carbonyl (C=O) groups excluding carboxylic acids is 1. The Morgan fingerprint density at radius 2 is 1.97 bits per heavy atom. The first kappa shape index (κ1) is 23.1. The highest BCUT2D eigenvalue weighted by Gasteiger charge is 2.28. The SMILES string of the molecule is [B]c1c(O)ccc(S(=O)(=O)c2cc(N=CNC(=O)OC(C)(C)C)sc2SC)c1O. The zero-order valence-electron chi connectivity index (χ0n) is 16.1. The number of phenolic OH excluding ortho intramolecular Hbond substituents is 2. The third-order valence-corrected chi connectivity index (χ3v) is 7.59. The molecule has 0 aliphatic rings. The number of aromatic hydroxyl groups is 2. The molecule has 0 atom stereocenters. The van der Waals surface area contributed by atoms with Crippen molar-refractivity contribution in [2.24, 2.45) is 4.99 Å². The van der Waals surface area contributed by atoms with Gasteiger partial charge in [0.1, 0.15) is 34.8 Å². The number of amides is 1. The van der Waals surface area contributed by atoms with Gasteiger partial charge in [-0.3, -0.25) is 5.32 Å². The van der Waals surface area contributed by atoms with Crippen LogP contribution in [0.2, 0.25) is 0 Å². The highest BCUT2D eigenvalue weighted by molar-refractivity contribution is 8.01. The lowest BCUT2D eigenvalue weighted by molar-refractivity contribution is 0.0565. The van der Waals surface area contributed by atoms with Crippen LogP contribution in [0.25, 0.3) is 0 Å². The Morgan fingerprint density at radius 1 is 1.31 bits per heavy atom. The summed E-state index contributed by atoms with van der Waals surface area (Å²) in [6.45, 7) is 5.16. The number of nitrogens with one attached hydrogen (secondary N) is 1. The van der Waals surface area contributed by atoms with E-state index < -0.39 is 43.4 Å². The number of ether oxygens (including phenoxy) is 1. The Hall–Kier alpha value is -2.18. The van der Waals surface area contributed by atoms with E-state index >= 15 is 0 Å². The molecule has 0 bridgehead atoms. The highest BCUT2D eigenvalue weighted by Crippen LogP contribution is 2.42. The Labute approximate surface area is 178 Å². The maximum absolute atomic E-state index is 13.0. The number of hydrogen-bond donors (Lipinski definition) is 3. The second-order valence-electron chi connectivity index (χ2n) is 6.69. The fourth-order valence-corrected chi connectivity index (χ4v) is 6.03. The summed E-state index contributed by atoms with van der Waals surface area (Å²) in [4.78, 5) is 15.2. The van der Waals surface area contributed by atoms with Crippen molar-refractivity contribution in [3.8, 4) is 11.5 Å². The van der Waals surface area contributed by atoms with Crippen LogP contribution >= 0.6 is 23.1 Å². The predicted molar refractivity (Wildman–Crippen MR) is 114 cm³/mol. The number of thiophene rings is 1. The quantitative estimate of drug-likeness (QED) is 0.275. The van der Waals surface area contributed by atoms with Gasteiger partial charge in [0.15, 0.2) is 0 Å². The zero-order chi connectivity index (χ0) is 22.0. The molecule has 1 amide bonds. The average molecular weight is 454 g/mol. The van der Waals surface area contributed by atoms with Gasteiger partial charge in [-0.2, -0.15) is 0 Å². The molecule has 2 aromatic rings. The molecule has 1 aromatic carbocycles. The molecule has 2 rings (SSSR count). The summed E-state index contributed by atoms with van der Waals surface area (Å²) < 4.78 is 31.5. The van der Waals surface area contributed by atoms with Gasteiger partial charge in [-0.05, 0) is 50.7 Å². The van der Waals surface area contributed by atoms with Gasteiger partial charge in [-0.25, -0.2) is 18.2 Å². The monoisotopic (exact) mass is 454 g/mol. The summed E-state index contributed by atoms with van der Waals surface area (Å²) in [5, 5.41) is 22.3. The van der Waals surface area contributed by atoms with Crippen LogP contribution < -0.4 is 10.8 Å². The molecule has 0 saturated heterocycles. The molecular formula is C17H19BN2O6S3. The lowest BCUT2D eigenvalue weighted by atomic mass is 9.94. The molecule has 8 nitrogen and oxygen atoms in total. The van der Waals surface area contributed by atoms with Crippen molar-refractivity contribution in [3.63, 3.8) is 0 Å². The molecule has 0 fully saturated rings. The van der Waals surface area contributed by atoms with E-state index in [4.69, 9.17) is 12.6 Å². The minimum Gasteiger partial charge on any atom is -0.508 e. The van der Waals surface area contributed by atoms with E-state index in [2.05, 4.69) is 10.3 Å². The van der Waals surface area contributed by atoms with Crippen LogP contribution in [-0.4, -0.2) is 50.8 Å². The number of rotatable bonds is 5. The van der Waals surface area contributed by atoms with Gasteiger partial charge >= 0.3 is 6.09 Å². The van der Waals surface area contributed by atoms with E-state index in [1.165, 1.54) is 17.8 Å². The van der Waals surface area contributed by atoms with E-state index in [0.29, 0.717) is 9.21 Å². The van der Waals surface area contributed by atoms with E-state index in [9.17, 15) is 23.4 Å². The lowest BCUT2D eigenvalue weighted by Crippen LogP contribution is -2.31. The molecule has 0 aliphatic heterocycles. The third kappa shape index (κ3) is 5.46. The van der Waals surface area contributed by atoms with E-state index in [1.807, 2.05) is 0 Å². The number of aliphatic imine (C=N–C) groups is 1. The van der Waals surface area contributed by atoms with Crippen LogP contribution in [0.1, 0.15) is 20.8 Å². The topological polar surface area (TPSA) is 125 Å². The van der Waals surface area contributed by atoms with E-state index in [-0.39, 0.29) is 4.90 Å². The maximum atomic E-state index is 13.0. The minimum atomic E-state index is -4.13. The molecule has 0 unspecified atom stereocenters. The molecule has 154 valence electrons. The number of alkyl carbamates (subject to hydrolysis) is 1. The van der Waals surface area contributed by atoms with Crippen molar-refractivity contribution >= 4 is 63.7 Å². The van der Waals surface area contributed by atoms with Gasteiger partial charge in [0.05, 0.1) is 15.4 Å². The molecule has 1 heterocycles. The Kier molecular flexibility index (Phi) is 6.91. The fourth-order valence-electron chi connectivity index (χ4n) is 2.11. The normalized spacial score (nSPS) is 12.3. The lowest BCUT2D eigenvalue weighted by Gasteiger charge is -2.18. The second-order valence-corrected chi connectivity index (χ2v) is 10.7. The molecular weight excluding hydrogens is 435 g/mol. The molecule has 3 N–H and O–H groups in total. The molecule has 29 heavy (non-hydrogen) atoms. The van der Waals surface area contributed by atoms with Crippen LogP contribution in [-0.2, 0) is 14.6 Å². The van der Waals surface area contributed by atoms with Gasteiger partial charge in [0.2, 0.25) is 9.84 Å². The van der Waals surface area contributed by atoms with Crippen molar-refractivity contribution in [1.29, 1.82) is 0 Å². The van der Waals surface area contributed by atoms with Crippen LogP contribution in [0.3, 0.4) is 0 Å². The first-order valence-electron chi connectivity index (χ1n) is 8.12. The number of sulfone groups is 1. The summed E-state index contributed by atoms with van der Waals surface area (Å²) in [5.41, 5.74) is -1.09. The van der Waals surface area contributed by atoms with Crippen molar-refractivity contribution < 1.29 is 28.2 Å². The zero-order valence-corrected chi connectivity index (χ0v) is 18.5. The van der Waals surface area contributed by atoms with Crippen molar-refractivity contribution in [1.82, 2.24) is 5.32 Å². The molecule has 2 radical (unpaired) electrons. The molecule has 1 aromatic heterocycles. The number of hydrogen-bond acceptors (Lipinski definition) is 9. The van der Waals surface area contributed by atoms with Crippen molar-refractivity contribution in [2.45, 2.75) is 40.4 Å². The number of nitrogens with zero attached hydrogens (tertiary/aromatic N) is 1. The standard InChI is InChI=1S/C17H19BN2O6S3/c1-17(2,3)26-16(23)20-8-19-12-7-11(15(27-4)28-12)29(24,25)10-6-5-9(21)13(18)14(10)22/h5-8,21-22H,1-4H3,(H,19,20,23). The number of benzene rings is 1. The summed E-state index contributed by atoms with van der Waals surface area (Å²) in [5.74, 6) is -1.14. The van der Waals surface area contributed by atoms with Gasteiger partial charge in [-0.15, -0.1) is 23.1 Å². The van der Waals surface area contributed by atoms with Crippen LogP contribution in [0.4, 0.5) is 9.80 Å². The highest BCUT2D eigenvalue weighted by atomic mass is 32.2. The van der Waals surface area contributed by atoms with Crippen LogP contribution in [0, 0.1) is 0 Å². The smallest absolute Gasteiger partial charge is 0.412 e. The summed E-state index contributed by atoms with van der Waals surface area (Å²) >= 11 is 2.28. The number of carbonyl (C=O) groups is 1. The van der Waals surface area contributed by atoms with Gasteiger partial charge in [0.25, 0.3) is 0 Å². The summed E-state index contributed by atoms with van der Waals surface area (Å²) in [6, 6.07) is 3.49. The Bertz CT molecular complexity index is 1060. The Balaban J connectivity index is 2.34. The predicted octanol–water partition coefficient (Wildman–Crippen LogP) is 2.69. The van der Waals surface area contributed by atoms with Crippen LogP contribution in [0.15, 0.2) is 37.2 Å². The van der Waals surface area contributed by atoms with Crippen LogP contribution in [0.5, 0.6) is 11.5 Å². The average Bonchev–Trinajstić information content (AvgIpc) is 3.02. The molecule has 0 aliphatic carbocycles. The number of thioether (sulfide) groups is 1. The van der Waals surface area contributed by atoms with Crippen molar-refractivity contribution in [3.05, 3.63) is 18.2 Å². The first-order valence-corrected chi connectivity index (χ1v) is 11.6. The number of phenols is 2. The van der Waals surface area contributed by atoms with E-state index in [0.717, 1.165) is 29.8 Å². The summed E-state index contributed by atoms with van der Waals surface area (Å²) in [6.07, 6.45) is 2.11. The molecule has 12 heteroatoms. The van der Waals surface area contributed by atoms with E-state index in [1.54, 1.807) is 27.0 Å². The third-order valence-electron chi connectivity index (χ3n) is 3.35. The summed E-state index contributed by atoms with van der Waals surface area (Å²) in [7, 11) is 1.39. The second kappa shape index (κ2) is 8.68. The Morgan fingerprint density at radius 3 is 2.55 bits per heavy atom. The largest absolute Gasteiger partial charge is 0.508 e. The molecule has 0 saturated carbocycles. The van der Waals surface area contributed by atoms with Crippen molar-refractivity contribution in [2.75, 3.05) is 6.26 Å². The first-order chi connectivity index (χ1) is 13.4. The van der Waals surface area contributed by atoms with Gasteiger partial charge < -0.3 is 14.9 Å². The van der Waals surface area contributed by atoms with Gasteiger partial charge in [0, 0.05) is 0 Å².